The van der Waals surface area contributed by atoms with E-state index in [9.17, 15) is 4.79 Å². The predicted octanol–water partition coefficient (Wildman–Crippen LogP) is 2.83. The molecule has 0 radical (unpaired) electrons. The highest BCUT2D eigenvalue weighted by atomic mass is 16.5. The average molecular weight is 282 g/mol. The average Bonchev–Trinajstić information content (AvgIpc) is 2.41. The molecule has 0 heterocycles. The van der Waals surface area contributed by atoms with Crippen molar-refractivity contribution >= 4 is 5.97 Å². The van der Waals surface area contributed by atoms with E-state index in [4.69, 9.17) is 19.3 Å². The maximum absolute atomic E-state index is 11.1. The molecule has 0 aliphatic carbocycles. The summed E-state index contributed by atoms with van der Waals surface area (Å²) >= 11 is 0. The Labute approximate surface area is 119 Å². The number of carboxylic acid groups (broad SMARTS) is 1. The molecular formula is C15H22O5. The van der Waals surface area contributed by atoms with Crippen molar-refractivity contribution in [3.63, 3.8) is 0 Å². The first-order valence-corrected chi connectivity index (χ1v) is 6.66. The third-order valence-electron chi connectivity index (χ3n) is 2.74. The van der Waals surface area contributed by atoms with Crippen LogP contribution in [0.4, 0.5) is 0 Å². The largest absolute Gasteiger partial charge is 0.497 e. The Morgan fingerprint density at radius 3 is 2.60 bits per heavy atom. The van der Waals surface area contributed by atoms with E-state index in [2.05, 4.69) is 13.8 Å². The van der Waals surface area contributed by atoms with Crippen LogP contribution in [0.5, 0.6) is 11.5 Å². The number of carboxylic acids is 1. The van der Waals surface area contributed by atoms with Crippen molar-refractivity contribution in [2.75, 3.05) is 26.9 Å². The van der Waals surface area contributed by atoms with Crippen LogP contribution in [0.3, 0.4) is 0 Å². The quantitative estimate of drug-likeness (QED) is 0.705. The smallest absolute Gasteiger partial charge is 0.339 e. The third kappa shape index (κ3) is 5.48. The second-order valence-corrected chi connectivity index (χ2v) is 4.81. The Morgan fingerprint density at radius 2 is 2.00 bits per heavy atom. The summed E-state index contributed by atoms with van der Waals surface area (Å²) in [4.78, 5) is 11.1. The molecule has 1 N–H and O–H groups in total. The number of hydrogen-bond donors (Lipinski definition) is 1. The summed E-state index contributed by atoms with van der Waals surface area (Å²) in [7, 11) is 1.52. The molecule has 0 bridgehead atoms. The van der Waals surface area contributed by atoms with Crippen molar-refractivity contribution < 1.29 is 24.1 Å². The van der Waals surface area contributed by atoms with Gasteiger partial charge in [0.25, 0.3) is 0 Å². The Balaban J connectivity index is 2.47. The summed E-state index contributed by atoms with van der Waals surface area (Å²) in [6.07, 6.45) is 1.000. The molecule has 0 saturated carbocycles. The van der Waals surface area contributed by atoms with Crippen molar-refractivity contribution in [2.45, 2.75) is 20.3 Å². The van der Waals surface area contributed by atoms with E-state index in [1.807, 2.05) is 0 Å². The standard InChI is InChI=1S/C15H22O5/c1-11(2)6-7-19-8-9-20-14-10-12(18-3)4-5-13(14)15(16)17/h4-5,10-11H,6-9H2,1-3H3,(H,16,17). The Kier molecular flexibility index (Phi) is 6.87. The van der Waals surface area contributed by atoms with Crippen molar-refractivity contribution in [2.24, 2.45) is 5.92 Å². The Morgan fingerprint density at radius 1 is 1.25 bits per heavy atom. The number of rotatable bonds is 9. The van der Waals surface area contributed by atoms with Gasteiger partial charge in [-0.15, -0.1) is 0 Å². The molecule has 0 fully saturated rings. The maximum atomic E-state index is 11.1. The van der Waals surface area contributed by atoms with Crippen LogP contribution in [0.1, 0.15) is 30.6 Å². The van der Waals surface area contributed by atoms with E-state index in [1.165, 1.54) is 13.2 Å². The van der Waals surface area contributed by atoms with Gasteiger partial charge < -0.3 is 19.3 Å². The lowest BCUT2D eigenvalue weighted by atomic mass is 10.1. The van der Waals surface area contributed by atoms with Gasteiger partial charge in [0.05, 0.1) is 13.7 Å². The van der Waals surface area contributed by atoms with Crippen molar-refractivity contribution in [1.82, 2.24) is 0 Å². The molecule has 1 rings (SSSR count). The fraction of sp³-hybridized carbons (Fsp3) is 0.533. The van der Waals surface area contributed by atoms with Gasteiger partial charge in [0, 0.05) is 12.7 Å². The molecule has 5 heteroatoms. The minimum Gasteiger partial charge on any atom is -0.497 e. The highest BCUT2D eigenvalue weighted by Crippen LogP contribution is 2.24. The van der Waals surface area contributed by atoms with Gasteiger partial charge in [0.1, 0.15) is 23.7 Å². The molecule has 0 aromatic heterocycles. The van der Waals surface area contributed by atoms with Gasteiger partial charge in [-0.25, -0.2) is 4.79 Å². The lowest BCUT2D eigenvalue weighted by Gasteiger charge is -2.11. The van der Waals surface area contributed by atoms with E-state index in [1.54, 1.807) is 12.1 Å². The summed E-state index contributed by atoms with van der Waals surface area (Å²) in [5.74, 6) is 0.436. The van der Waals surface area contributed by atoms with Crippen LogP contribution < -0.4 is 9.47 Å². The third-order valence-corrected chi connectivity index (χ3v) is 2.74. The van der Waals surface area contributed by atoms with Crippen molar-refractivity contribution in [3.8, 4) is 11.5 Å². The SMILES string of the molecule is COc1ccc(C(=O)O)c(OCCOCCC(C)C)c1. The molecule has 20 heavy (non-hydrogen) atoms. The van der Waals surface area contributed by atoms with E-state index >= 15 is 0 Å². The lowest BCUT2D eigenvalue weighted by molar-refractivity contribution is 0.0683. The van der Waals surface area contributed by atoms with E-state index in [-0.39, 0.29) is 5.56 Å². The maximum Gasteiger partial charge on any atom is 0.339 e. The minimum atomic E-state index is -1.02. The minimum absolute atomic E-state index is 0.119. The van der Waals surface area contributed by atoms with Gasteiger partial charge in [-0.2, -0.15) is 0 Å². The van der Waals surface area contributed by atoms with Crippen molar-refractivity contribution in [1.29, 1.82) is 0 Å². The van der Waals surface area contributed by atoms with Crippen LogP contribution in [0.15, 0.2) is 18.2 Å². The highest BCUT2D eigenvalue weighted by Gasteiger charge is 2.12. The van der Waals surface area contributed by atoms with Crippen molar-refractivity contribution in [3.05, 3.63) is 23.8 Å². The second-order valence-electron chi connectivity index (χ2n) is 4.81. The van der Waals surface area contributed by atoms with E-state index < -0.39 is 5.97 Å². The number of benzene rings is 1. The zero-order valence-corrected chi connectivity index (χ0v) is 12.2. The number of hydrogen-bond acceptors (Lipinski definition) is 4. The summed E-state index contributed by atoms with van der Waals surface area (Å²) in [5.41, 5.74) is 0.119. The molecule has 1 aromatic carbocycles. The van der Waals surface area contributed by atoms with Crippen LogP contribution in [0, 0.1) is 5.92 Å². The molecule has 112 valence electrons. The molecular weight excluding hydrogens is 260 g/mol. The first-order valence-electron chi connectivity index (χ1n) is 6.66. The van der Waals surface area contributed by atoms with E-state index in [0.29, 0.717) is 37.2 Å². The zero-order valence-electron chi connectivity index (χ0n) is 12.2. The molecule has 0 amide bonds. The topological polar surface area (TPSA) is 65.0 Å². The molecule has 0 unspecified atom stereocenters. The van der Waals surface area contributed by atoms with Gasteiger partial charge in [-0.05, 0) is 24.5 Å². The van der Waals surface area contributed by atoms with Gasteiger partial charge in [-0.1, -0.05) is 13.8 Å². The number of methoxy groups -OCH3 is 1. The summed E-state index contributed by atoms with van der Waals surface area (Å²) in [6, 6.07) is 4.63. The molecule has 0 saturated heterocycles. The zero-order chi connectivity index (χ0) is 15.0. The first-order chi connectivity index (χ1) is 9.54. The van der Waals surface area contributed by atoms with Crippen LogP contribution in [0.2, 0.25) is 0 Å². The van der Waals surface area contributed by atoms with Crippen LogP contribution in [-0.2, 0) is 4.74 Å². The van der Waals surface area contributed by atoms with Crippen LogP contribution in [-0.4, -0.2) is 38.0 Å². The van der Waals surface area contributed by atoms with Gasteiger partial charge in [0.2, 0.25) is 0 Å². The van der Waals surface area contributed by atoms with E-state index in [0.717, 1.165) is 6.42 Å². The molecule has 0 aliphatic rings. The Hall–Kier alpha value is -1.75. The molecule has 0 atom stereocenters. The second kappa shape index (κ2) is 8.43. The molecule has 0 aliphatic heterocycles. The summed E-state index contributed by atoms with van der Waals surface area (Å²) < 4.78 is 15.9. The normalized spacial score (nSPS) is 10.6. The van der Waals surface area contributed by atoms with Crippen LogP contribution in [0.25, 0.3) is 0 Å². The highest BCUT2D eigenvalue weighted by molar-refractivity contribution is 5.91. The van der Waals surface area contributed by atoms with Gasteiger partial charge in [0.15, 0.2) is 0 Å². The number of ether oxygens (including phenoxy) is 3. The number of carbonyl (C=O) groups is 1. The van der Waals surface area contributed by atoms with Gasteiger partial charge >= 0.3 is 5.97 Å². The molecule has 0 spiro atoms. The Bertz CT molecular complexity index is 428. The first kappa shape index (κ1) is 16.3. The summed E-state index contributed by atoms with van der Waals surface area (Å²) in [6.45, 7) is 5.70. The lowest BCUT2D eigenvalue weighted by Crippen LogP contribution is -2.11. The monoisotopic (exact) mass is 282 g/mol. The number of aromatic carboxylic acids is 1. The van der Waals surface area contributed by atoms with Crippen LogP contribution >= 0.6 is 0 Å². The molecule has 5 nitrogen and oxygen atoms in total. The molecule has 1 aromatic rings. The fourth-order valence-corrected chi connectivity index (χ4v) is 1.56. The van der Waals surface area contributed by atoms with Gasteiger partial charge in [-0.3, -0.25) is 0 Å². The fourth-order valence-electron chi connectivity index (χ4n) is 1.56. The summed E-state index contributed by atoms with van der Waals surface area (Å²) in [5, 5.41) is 9.08. The predicted molar refractivity (Wildman–Crippen MR) is 75.7 cm³/mol.